The van der Waals surface area contributed by atoms with Gasteiger partial charge in [0, 0.05) is 24.7 Å². The van der Waals surface area contributed by atoms with Gasteiger partial charge >= 0.3 is 0 Å². The number of hydrogen-bond donors (Lipinski definition) is 2. The van der Waals surface area contributed by atoms with E-state index in [9.17, 15) is 0 Å². The van der Waals surface area contributed by atoms with Crippen LogP contribution in [0.15, 0.2) is 28.3 Å². The third-order valence-electron chi connectivity index (χ3n) is 5.23. The molecule has 7 heteroatoms. The summed E-state index contributed by atoms with van der Waals surface area (Å²) in [5.74, 6) is 1.54. The molecule has 1 aliphatic rings. The van der Waals surface area contributed by atoms with E-state index in [0.717, 1.165) is 29.5 Å². The Kier molecular flexibility index (Phi) is 6.77. The molecule has 3 rings (SSSR count). The molecular weight excluding hydrogens is 356 g/mol. The van der Waals surface area contributed by atoms with E-state index in [4.69, 9.17) is 5.73 Å². The van der Waals surface area contributed by atoms with Crippen molar-refractivity contribution >= 4 is 23.4 Å². The molecule has 1 aromatic carbocycles. The zero-order valence-corrected chi connectivity index (χ0v) is 17.4. The predicted octanol–water partition coefficient (Wildman–Crippen LogP) is 4.09. The normalized spacial score (nSPS) is 15.4. The number of hydrogen-bond acceptors (Lipinski definition) is 4. The Balaban J connectivity index is 1.54. The second kappa shape index (κ2) is 9.26. The zero-order valence-electron chi connectivity index (χ0n) is 16.5. The monoisotopic (exact) mass is 386 g/mol. The van der Waals surface area contributed by atoms with Crippen molar-refractivity contribution in [2.45, 2.75) is 63.6 Å². The van der Waals surface area contributed by atoms with Crippen LogP contribution in [0, 0.1) is 13.8 Å². The van der Waals surface area contributed by atoms with Crippen LogP contribution >= 0.6 is 11.8 Å². The number of aromatic nitrogens is 3. The minimum Gasteiger partial charge on any atom is -0.370 e. The third kappa shape index (κ3) is 5.03. The van der Waals surface area contributed by atoms with Crippen LogP contribution in [0.2, 0.25) is 0 Å². The van der Waals surface area contributed by atoms with E-state index < -0.39 is 0 Å². The maximum atomic E-state index is 6.03. The minimum atomic E-state index is 0.459. The largest absolute Gasteiger partial charge is 0.370 e. The van der Waals surface area contributed by atoms with Crippen LogP contribution in [0.1, 0.15) is 55.1 Å². The molecule has 0 bridgehead atoms. The van der Waals surface area contributed by atoms with Crippen LogP contribution in [0.4, 0.5) is 5.69 Å². The number of thioether (sulfide) groups is 1. The quantitative estimate of drug-likeness (QED) is 0.324. The van der Waals surface area contributed by atoms with E-state index in [1.54, 1.807) is 11.8 Å². The first-order valence-corrected chi connectivity index (χ1v) is 10.9. The van der Waals surface area contributed by atoms with Gasteiger partial charge in [0.05, 0.1) is 0 Å². The number of anilines is 1. The molecule has 2 aromatic rings. The van der Waals surface area contributed by atoms with Crippen molar-refractivity contribution in [2.75, 3.05) is 18.1 Å². The van der Waals surface area contributed by atoms with E-state index in [0.29, 0.717) is 18.5 Å². The van der Waals surface area contributed by atoms with Crippen molar-refractivity contribution in [3.05, 3.63) is 35.2 Å². The van der Waals surface area contributed by atoms with Crippen molar-refractivity contribution in [1.82, 2.24) is 14.8 Å². The van der Waals surface area contributed by atoms with Crippen LogP contribution in [0.3, 0.4) is 0 Å². The van der Waals surface area contributed by atoms with Gasteiger partial charge < -0.3 is 15.6 Å². The molecule has 0 aliphatic heterocycles. The lowest BCUT2D eigenvalue weighted by molar-refractivity contribution is 0.461. The SMILES string of the molecule is CSc1nnc(CCCN=C(N)Nc2ccc(C)c(C)c2)n1C1CCCC1. The summed E-state index contributed by atoms with van der Waals surface area (Å²) < 4.78 is 2.36. The second-order valence-corrected chi connectivity index (χ2v) is 7.98. The van der Waals surface area contributed by atoms with Gasteiger partial charge in [-0.05, 0) is 62.6 Å². The first kappa shape index (κ1) is 19.7. The molecule has 1 aromatic heterocycles. The van der Waals surface area contributed by atoms with E-state index in [2.05, 4.69) is 57.3 Å². The maximum Gasteiger partial charge on any atom is 0.193 e. The van der Waals surface area contributed by atoms with Gasteiger partial charge in [-0.25, -0.2) is 0 Å². The highest BCUT2D eigenvalue weighted by Crippen LogP contribution is 2.33. The minimum absolute atomic E-state index is 0.459. The van der Waals surface area contributed by atoms with Gasteiger partial charge in [0.15, 0.2) is 11.1 Å². The van der Waals surface area contributed by atoms with Crippen molar-refractivity contribution < 1.29 is 0 Å². The lowest BCUT2D eigenvalue weighted by Crippen LogP contribution is -2.23. The third-order valence-corrected chi connectivity index (χ3v) is 5.87. The molecule has 3 N–H and O–H groups in total. The Labute approximate surface area is 166 Å². The van der Waals surface area contributed by atoms with Crippen molar-refractivity contribution in [2.24, 2.45) is 10.7 Å². The summed E-state index contributed by atoms with van der Waals surface area (Å²) in [7, 11) is 0. The number of benzene rings is 1. The number of rotatable bonds is 7. The van der Waals surface area contributed by atoms with Gasteiger partial charge in [0.1, 0.15) is 5.82 Å². The van der Waals surface area contributed by atoms with E-state index in [1.165, 1.54) is 36.8 Å². The summed E-state index contributed by atoms with van der Waals surface area (Å²) in [6.45, 7) is 4.87. The maximum absolute atomic E-state index is 6.03. The van der Waals surface area contributed by atoms with Crippen LogP contribution in [0.5, 0.6) is 0 Å². The predicted molar refractivity (Wildman–Crippen MR) is 114 cm³/mol. The van der Waals surface area contributed by atoms with Crippen LogP contribution in [0.25, 0.3) is 0 Å². The standard InChI is InChI=1S/C20H30N6S/c1-14-10-11-16(13-15(14)2)23-19(21)22-12-6-9-18-24-25-20(27-3)26(18)17-7-4-5-8-17/h10-11,13,17H,4-9,12H2,1-3H3,(H3,21,22,23). The van der Waals surface area contributed by atoms with Crippen LogP contribution in [-0.4, -0.2) is 33.5 Å². The molecule has 1 fully saturated rings. The van der Waals surface area contributed by atoms with Gasteiger partial charge in [-0.2, -0.15) is 0 Å². The molecule has 1 heterocycles. The van der Waals surface area contributed by atoms with Crippen LogP contribution in [-0.2, 0) is 6.42 Å². The molecule has 0 radical (unpaired) electrons. The molecule has 0 amide bonds. The Morgan fingerprint density at radius 2 is 2.04 bits per heavy atom. The molecule has 0 saturated heterocycles. The van der Waals surface area contributed by atoms with Gasteiger partial charge in [0.25, 0.3) is 0 Å². The molecule has 146 valence electrons. The fourth-order valence-electron chi connectivity index (χ4n) is 3.59. The lowest BCUT2D eigenvalue weighted by Gasteiger charge is -2.16. The van der Waals surface area contributed by atoms with Gasteiger partial charge in [0.2, 0.25) is 0 Å². The number of guanidine groups is 1. The number of nitrogens with two attached hydrogens (primary N) is 1. The summed E-state index contributed by atoms with van der Waals surface area (Å²) in [6.07, 6.45) is 8.96. The molecule has 0 atom stereocenters. The fourth-order valence-corrected chi connectivity index (χ4v) is 4.16. The fraction of sp³-hybridized carbons (Fsp3) is 0.550. The average molecular weight is 387 g/mol. The van der Waals surface area contributed by atoms with E-state index >= 15 is 0 Å². The van der Waals surface area contributed by atoms with Crippen molar-refractivity contribution in [3.63, 3.8) is 0 Å². The first-order chi connectivity index (χ1) is 13.1. The summed E-state index contributed by atoms with van der Waals surface area (Å²) in [5, 5.41) is 13.0. The lowest BCUT2D eigenvalue weighted by atomic mass is 10.1. The van der Waals surface area contributed by atoms with Gasteiger partial charge in [-0.15, -0.1) is 10.2 Å². The highest BCUT2D eigenvalue weighted by Gasteiger charge is 2.23. The molecule has 1 saturated carbocycles. The Bertz CT molecular complexity index is 792. The van der Waals surface area contributed by atoms with Gasteiger partial charge in [-0.1, -0.05) is 30.7 Å². The van der Waals surface area contributed by atoms with E-state index in [1.807, 2.05) is 6.07 Å². The average Bonchev–Trinajstić information content (AvgIpc) is 3.30. The number of nitrogens with zero attached hydrogens (tertiary/aromatic N) is 4. The molecule has 27 heavy (non-hydrogen) atoms. The molecule has 0 spiro atoms. The second-order valence-electron chi connectivity index (χ2n) is 7.21. The highest BCUT2D eigenvalue weighted by molar-refractivity contribution is 7.98. The number of aliphatic imine (C=N–C) groups is 1. The van der Waals surface area contributed by atoms with Gasteiger partial charge in [-0.3, -0.25) is 4.99 Å². The zero-order chi connectivity index (χ0) is 19.2. The van der Waals surface area contributed by atoms with Crippen molar-refractivity contribution in [3.8, 4) is 0 Å². The van der Waals surface area contributed by atoms with Crippen LogP contribution < -0.4 is 11.1 Å². The molecule has 6 nitrogen and oxygen atoms in total. The Morgan fingerprint density at radius 1 is 1.26 bits per heavy atom. The van der Waals surface area contributed by atoms with Crippen molar-refractivity contribution in [1.29, 1.82) is 0 Å². The Hall–Kier alpha value is -2.02. The molecule has 1 aliphatic carbocycles. The smallest absolute Gasteiger partial charge is 0.193 e. The Morgan fingerprint density at radius 3 is 2.74 bits per heavy atom. The molecular formula is C20H30N6S. The highest BCUT2D eigenvalue weighted by atomic mass is 32.2. The summed E-state index contributed by atoms with van der Waals surface area (Å²) in [5.41, 5.74) is 9.52. The number of aryl methyl sites for hydroxylation is 3. The first-order valence-electron chi connectivity index (χ1n) is 9.70. The topological polar surface area (TPSA) is 81.1 Å². The molecule has 0 unspecified atom stereocenters. The summed E-state index contributed by atoms with van der Waals surface area (Å²) >= 11 is 1.68. The van der Waals surface area contributed by atoms with E-state index in [-0.39, 0.29) is 0 Å². The summed E-state index contributed by atoms with van der Waals surface area (Å²) in [6, 6.07) is 6.77. The number of nitrogens with one attached hydrogen (secondary N) is 1. The summed E-state index contributed by atoms with van der Waals surface area (Å²) in [4.78, 5) is 4.46.